The number of ether oxygens (including phenoxy) is 1. The maximum Gasteiger partial charge on any atom is 0.227 e. The van der Waals surface area contributed by atoms with Gasteiger partial charge in [-0.3, -0.25) is 9.69 Å². The lowest BCUT2D eigenvalue weighted by Crippen LogP contribution is -2.46. The standard InChI is InChI=1S/C13H22N2O2/c1-13(15-6-8-17-9-7-15)10-11(13)12(16)14-4-2-3-5-14/h11H,2-10H2,1H3. The van der Waals surface area contributed by atoms with Crippen molar-refractivity contribution in [2.24, 2.45) is 5.92 Å². The molecule has 2 unspecified atom stereocenters. The Morgan fingerprint density at radius 3 is 2.47 bits per heavy atom. The van der Waals surface area contributed by atoms with Crippen molar-refractivity contribution in [3.8, 4) is 0 Å². The summed E-state index contributed by atoms with van der Waals surface area (Å²) in [7, 11) is 0. The molecule has 0 bridgehead atoms. The molecule has 4 heteroatoms. The van der Waals surface area contributed by atoms with Crippen molar-refractivity contribution >= 4 is 5.91 Å². The van der Waals surface area contributed by atoms with Crippen molar-refractivity contribution in [2.75, 3.05) is 39.4 Å². The molecule has 1 saturated carbocycles. The van der Waals surface area contributed by atoms with Crippen LogP contribution in [-0.2, 0) is 9.53 Å². The summed E-state index contributed by atoms with van der Waals surface area (Å²) in [6.45, 7) is 7.82. The molecule has 0 radical (unpaired) electrons. The van der Waals surface area contributed by atoms with E-state index in [1.165, 1.54) is 12.8 Å². The van der Waals surface area contributed by atoms with Gasteiger partial charge in [-0.1, -0.05) is 0 Å². The fourth-order valence-corrected chi connectivity index (χ4v) is 3.29. The van der Waals surface area contributed by atoms with E-state index in [0.717, 1.165) is 45.8 Å². The first-order chi connectivity index (χ1) is 8.22. The van der Waals surface area contributed by atoms with Gasteiger partial charge in [0, 0.05) is 31.7 Å². The van der Waals surface area contributed by atoms with Crippen LogP contribution in [0.4, 0.5) is 0 Å². The van der Waals surface area contributed by atoms with E-state index < -0.39 is 0 Å². The number of nitrogens with zero attached hydrogens (tertiary/aromatic N) is 2. The van der Waals surface area contributed by atoms with E-state index >= 15 is 0 Å². The van der Waals surface area contributed by atoms with Crippen LogP contribution in [0.5, 0.6) is 0 Å². The molecular formula is C13H22N2O2. The second-order valence-corrected chi connectivity index (χ2v) is 5.75. The van der Waals surface area contributed by atoms with Crippen molar-refractivity contribution in [3.63, 3.8) is 0 Å². The number of hydrogen-bond donors (Lipinski definition) is 0. The van der Waals surface area contributed by atoms with E-state index in [2.05, 4.69) is 16.7 Å². The lowest BCUT2D eigenvalue weighted by atomic mass is 10.1. The normalized spacial score (nSPS) is 38.4. The zero-order chi connectivity index (χ0) is 11.9. The molecule has 2 heterocycles. The fraction of sp³-hybridized carbons (Fsp3) is 0.923. The molecule has 3 fully saturated rings. The number of likely N-dealkylation sites (tertiary alicyclic amines) is 1. The Morgan fingerprint density at radius 1 is 1.18 bits per heavy atom. The van der Waals surface area contributed by atoms with Gasteiger partial charge >= 0.3 is 0 Å². The Labute approximate surface area is 103 Å². The summed E-state index contributed by atoms with van der Waals surface area (Å²) in [4.78, 5) is 16.9. The average Bonchev–Trinajstić information content (AvgIpc) is 2.81. The van der Waals surface area contributed by atoms with E-state index in [1.54, 1.807) is 0 Å². The van der Waals surface area contributed by atoms with Crippen molar-refractivity contribution in [2.45, 2.75) is 31.7 Å². The zero-order valence-corrected chi connectivity index (χ0v) is 10.7. The lowest BCUT2D eigenvalue weighted by molar-refractivity contribution is -0.132. The minimum atomic E-state index is 0.128. The molecule has 0 aromatic rings. The molecule has 2 aliphatic heterocycles. The summed E-state index contributed by atoms with van der Waals surface area (Å²) >= 11 is 0. The minimum Gasteiger partial charge on any atom is -0.379 e. The Morgan fingerprint density at radius 2 is 1.82 bits per heavy atom. The van der Waals surface area contributed by atoms with Crippen LogP contribution >= 0.6 is 0 Å². The van der Waals surface area contributed by atoms with Gasteiger partial charge in [-0.15, -0.1) is 0 Å². The van der Waals surface area contributed by atoms with Crippen molar-refractivity contribution in [1.29, 1.82) is 0 Å². The summed E-state index contributed by atoms with van der Waals surface area (Å²) in [5, 5.41) is 0. The van der Waals surface area contributed by atoms with Gasteiger partial charge < -0.3 is 9.64 Å². The molecule has 0 aromatic heterocycles. The van der Waals surface area contributed by atoms with Crippen molar-refractivity contribution in [1.82, 2.24) is 9.80 Å². The minimum absolute atomic E-state index is 0.128. The number of carbonyl (C=O) groups is 1. The molecular weight excluding hydrogens is 216 g/mol. The third-order valence-electron chi connectivity index (χ3n) is 4.66. The van der Waals surface area contributed by atoms with Crippen LogP contribution in [0.1, 0.15) is 26.2 Å². The Bertz CT molecular complexity index is 309. The van der Waals surface area contributed by atoms with Gasteiger partial charge in [0.15, 0.2) is 0 Å². The molecule has 3 aliphatic rings. The third-order valence-corrected chi connectivity index (χ3v) is 4.66. The summed E-state index contributed by atoms with van der Waals surface area (Å²) in [6, 6.07) is 0. The highest BCUT2D eigenvalue weighted by Gasteiger charge is 2.59. The molecule has 4 nitrogen and oxygen atoms in total. The largest absolute Gasteiger partial charge is 0.379 e. The first-order valence-electron chi connectivity index (χ1n) is 6.83. The molecule has 1 amide bonds. The monoisotopic (exact) mass is 238 g/mol. The predicted octanol–water partition coefficient (Wildman–Crippen LogP) is 0.720. The average molecular weight is 238 g/mol. The van der Waals surface area contributed by atoms with Crippen LogP contribution < -0.4 is 0 Å². The van der Waals surface area contributed by atoms with Crippen molar-refractivity contribution < 1.29 is 9.53 Å². The van der Waals surface area contributed by atoms with Gasteiger partial charge in [0.25, 0.3) is 0 Å². The highest BCUT2D eigenvalue weighted by Crippen LogP contribution is 2.49. The maximum absolute atomic E-state index is 12.3. The molecule has 3 rings (SSSR count). The van der Waals surface area contributed by atoms with Crippen LogP contribution in [-0.4, -0.2) is 60.6 Å². The first-order valence-corrected chi connectivity index (χ1v) is 6.83. The Balaban J connectivity index is 1.61. The zero-order valence-electron chi connectivity index (χ0n) is 10.7. The van der Waals surface area contributed by atoms with Gasteiger partial charge in [0.05, 0.1) is 19.1 Å². The number of amides is 1. The molecule has 2 atom stereocenters. The molecule has 96 valence electrons. The highest BCUT2D eigenvalue weighted by atomic mass is 16.5. The van der Waals surface area contributed by atoms with Gasteiger partial charge in [-0.2, -0.15) is 0 Å². The van der Waals surface area contributed by atoms with Gasteiger partial charge in [-0.05, 0) is 26.2 Å². The van der Waals surface area contributed by atoms with E-state index in [4.69, 9.17) is 4.74 Å². The van der Waals surface area contributed by atoms with Crippen LogP contribution in [0.2, 0.25) is 0 Å². The van der Waals surface area contributed by atoms with Crippen molar-refractivity contribution in [3.05, 3.63) is 0 Å². The molecule has 17 heavy (non-hydrogen) atoms. The second kappa shape index (κ2) is 4.25. The summed E-state index contributed by atoms with van der Waals surface area (Å²) in [5.74, 6) is 0.648. The summed E-state index contributed by atoms with van der Waals surface area (Å²) in [5.41, 5.74) is 0.128. The molecule has 0 spiro atoms. The summed E-state index contributed by atoms with van der Waals surface area (Å²) in [6.07, 6.45) is 3.42. The number of hydrogen-bond acceptors (Lipinski definition) is 3. The van der Waals surface area contributed by atoms with Gasteiger partial charge in [-0.25, -0.2) is 0 Å². The van der Waals surface area contributed by atoms with Crippen LogP contribution in [0, 0.1) is 5.92 Å². The molecule has 0 aromatic carbocycles. The van der Waals surface area contributed by atoms with Gasteiger partial charge in [0.1, 0.15) is 0 Å². The van der Waals surface area contributed by atoms with Crippen LogP contribution in [0.25, 0.3) is 0 Å². The number of rotatable bonds is 2. The molecule has 0 N–H and O–H groups in total. The van der Waals surface area contributed by atoms with Crippen LogP contribution in [0.15, 0.2) is 0 Å². The number of carbonyl (C=O) groups excluding carboxylic acids is 1. The quantitative estimate of drug-likeness (QED) is 0.710. The van der Waals surface area contributed by atoms with E-state index in [1.807, 2.05) is 0 Å². The third kappa shape index (κ3) is 1.97. The smallest absolute Gasteiger partial charge is 0.227 e. The topological polar surface area (TPSA) is 32.8 Å². The molecule has 2 saturated heterocycles. The first kappa shape index (κ1) is 11.5. The summed E-state index contributed by atoms with van der Waals surface area (Å²) < 4.78 is 5.38. The second-order valence-electron chi connectivity index (χ2n) is 5.75. The highest BCUT2D eigenvalue weighted by molar-refractivity contribution is 5.83. The Kier molecular flexibility index (Phi) is 2.87. The maximum atomic E-state index is 12.3. The Hall–Kier alpha value is -0.610. The number of morpholine rings is 1. The SMILES string of the molecule is CC1(N2CCOCC2)CC1C(=O)N1CCCC1. The van der Waals surface area contributed by atoms with E-state index in [0.29, 0.717) is 5.91 Å². The van der Waals surface area contributed by atoms with E-state index in [-0.39, 0.29) is 11.5 Å². The lowest BCUT2D eigenvalue weighted by Gasteiger charge is -2.33. The fourth-order valence-electron chi connectivity index (χ4n) is 3.29. The van der Waals surface area contributed by atoms with E-state index in [9.17, 15) is 4.79 Å². The molecule has 1 aliphatic carbocycles. The van der Waals surface area contributed by atoms with Crippen LogP contribution in [0.3, 0.4) is 0 Å². The predicted molar refractivity (Wildman–Crippen MR) is 64.7 cm³/mol. The van der Waals surface area contributed by atoms with Gasteiger partial charge in [0.2, 0.25) is 5.91 Å².